The summed E-state index contributed by atoms with van der Waals surface area (Å²) in [6.45, 7) is 6.82. The Bertz CT molecular complexity index is 1160. The van der Waals surface area contributed by atoms with E-state index in [0.717, 1.165) is 5.69 Å². The quantitative estimate of drug-likeness (QED) is 0.356. The van der Waals surface area contributed by atoms with Crippen LogP contribution in [0.1, 0.15) is 40.3 Å². The molecule has 0 bridgehead atoms. The lowest BCUT2D eigenvalue weighted by atomic mass is 10.1. The molecule has 0 unspecified atom stereocenters. The van der Waals surface area contributed by atoms with Crippen LogP contribution in [-0.2, 0) is 0 Å². The van der Waals surface area contributed by atoms with Crippen LogP contribution >= 0.6 is 23.1 Å². The fourth-order valence-corrected chi connectivity index (χ4v) is 4.87. The van der Waals surface area contributed by atoms with Crippen LogP contribution in [0.25, 0.3) is 0 Å². The number of aryl methyl sites for hydroxylation is 1. The molecule has 166 valence electrons. The summed E-state index contributed by atoms with van der Waals surface area (Å²) in [5, 5.41) is 16.2. The van der Waals surface area contributed by atoms with Crippen molar-refractivity contribution in [3.05, 3.63) is 74.8 Å². The van der Waals surface area contributed by atoms with Gasteiger partial charge in [0.25, 0.3) is 17.5 Å². The average Bonchev–Trinajstić information content (AvgIpc) is 3.19. The second-order valence-corrected chi connectivity index (χ2v) is 8.96. The van der Waals surface area contributed by atoms with Gasteiger partial charge in [-0.1, -0.05) is 17.8 Å². The Labute approximate surface area is 193 Å². The van der Waals surface area contributed by atoms with Gasteiger partial charge in [-0.3, -0.25) is 19.7 Å². The van der Waals surface area contributed by atoms with Crippen LogP contribution < -0.4 is 5.32 Å². The molecule has 0 fully saturated rings. The summed E-state index contributed by atoms with van der Waals surface area (Å²) < 4.78 is 0.692. The molecule has 0 aliphatic rings. The highest BCUT2D eigenvalue weighted by atomic mass is 32.2. The van der Waals surface area contributed by atoms with Gasteiger partial charge < -0.3 is 10.2 Å². The maximum atomic E-state index is 12.7. The van der Waals surface area contributed by atoms with Crippen molar-refractivity contribution in [3.63, 3.8) is 0 Å². The Morgan fingerprint density at radius 3 is 2.53 bits per heavy atom. The lowest BCUT2D eigenvalue weighted by Gasteiger charge is -2.19. The number of nitro groups is 1. The van der Waals surface area contributed by atoms with Gasteiger partial charge in [0.1, 0.15) is 0 Å². The summed E-state index contributed by atoms with van der Waals surface area (Å²) in [6.07, 6.45) is 0. The number of carbonyl (C=O) groups is 2. The van der Waals surface area contributed by atoms with Crippen LogP contribution in [-0.4, -0.2) is 39.7 Å². The molecule has 3 aromatic rings. The second kappa shape index (κ2) is 10.4. The summed E-state index contributed by atoms with van der Waals surface area (Å²) in [5.74, 6) is -0.622. The van der Waals surface area contributed by atoms with E-state index >= 15 is 0 Å². The van der Waals surface area contributed by atoms with Gasteiger partial charge in [0, 0.05) is 47.0 Å². The number of hydrogen-bond acceptors (Lipinski definition) is 7. The molecule has 0 atom stereocenters. The highest BCUT2D eigenvalue weighted by Gasteiger charge is 2.20. The first-order valence-electron chi connectivity index (χ1n) is 9.91. The van der Waals surface area contributed by atoms with Gasteiger partial charge in [-0.2, -0.15) is 0 Å². The minimum Gasteiger partial charge on any atom is -0.339 e. The van der Waals surface area contributed by atoms with Crippen LogP contribution in [0.4, 0.5) is 11.4 Å². The molecule has 0 aliphatic heterocycles. The number of hydrogen-bond donors (Lipinski definition) is 1. The number of nitrogens with zero attached hydrogens (tertiary/aromatic N) is 3. The van der Waals surface area contributed by atoms with Gasteiger partial charge in [0.15, 0.2) is 4.34 Å². The van der Waals surface area contributed by atoms with E-state index in [1.54, 1.807) is 35.2 Å². The minimum absolute atomic E-state index is 0.125. The third-order valence-electron chi connectivity index (χ3n) is 4.63. The number of nitrogens with one attached hydrogen (secondary N) is 1. The van der Waals surface area contributed by atoms with Crippen molar-refractivity contribution in [1.29, 1.82) is 0 Å². The molecule has 8 nitrogen and oxygen atoms in total. The third-order valence-corrected chi connectivity index (χ3v) is 6.75. The highest BCUT2D eigenvalue weighted by Crippen LogP contribution is 2.36. The van der Waals surface area contributed by atoms with Crippen LogP contribution in [0.3, 0.4) is 0 Å². The van der Waals surface area contributed by atoms with E-state index in [2.05, 4.69) is 10.3 Å². The van der Waals surface area contributed by atoms with E-state index < -0.39 is 10.8 Å². The SMILES string of the molecule is CCN(CC)C(=O)c1cccc(NC(=O)c2ccc(Sc3nc(C)cs3)c([N+](=O)[O-])c2)c1. The van der Waals surface area contributed by atoms with Crippen molar-refractivity contribution in [2.45, 2.75) is 30.0 Å². The molecule has 2 amide bonds. The van der Waals surface area contributed by atoms with Crippen molar-refractivity contribution < 1.29 is 14.5 Å². The number of anilines is 1. The zero-order valence-corrected chi connectivity index (χ0v) is 19.5. The molecule has 0 radical (unpaired) electrons. The molecule has 0 saturated carbocycles. The van der Waals surface area contributed by atoms with Crippen molar-refractivity contribution in [3.8, 4) is 0 Å². The van der Waals surface area contributed by atoms with E-state index in [9.17, 15) is 19.7 Å². The molecule has 1 aromatic heterocycles. The fourth-order valence-electron chi connectivity index (χ4n) is 2.99. The number of amides is 2. The number of aromatic nitrogens is 1. The first-order valence-corrected chi connectivity index (χ1v) is 11.6. The van der Waals surface area contributed by atoms with E-state index in [0.29, 0.717) is 33.6 Å². The molecule has 0 aliphatic carbocycles. The third kappa shape index (κ3) is 5.51. The first-order chi connectivity index (χ1) is 15.3. The highest BCUT2D eigenvalue weighted by molar-refractivity contribution is 8.01. The first kappa shape index (κ1) is 23.4. The van der Waals surface area contributed by atoms with Crippen LogP contribution in [0.15, 0.2) is 57.1 Å². The Morgan fingerprint density at radius 2 is 1.91 bits per heavy atom. The largest absolute Gasteiger partial charge is 0.339 e. The van der Waals surface area contributed by atoms with Crippen LogP contribution in [0.2, 0.25) is 0 Å². The van der Waals surface area contributed by atoms with Gasteiger partial charge >= 0.3 is 0 Å². The van der Waals surface area contributed by atoms with Gasteiger partial charge in [0.2, 0.25) is 0 Å². The lowest BCUT2D eigenvalue weighted by Crippen LogP contribution is -2.30. The van der Waals surface area contributed by atoms with E-state index in [4.69, 9.17) is 0 Å². The zero-order chi connectivity index (χ0) is 23.3. The topological polar surface area (TPSA) is 105 Å². The number of nitro benzene ring substituents is 1. The molecule has 0 saturated heterocycles. The molecular weight excluding hydrogens is 448 g/mol. The fraction of sp³-hybridized carbons (Fsp3) is 0.227. The zero-order valence-electron chi connectivity index (χ0n) is 17.8. The Hall–Kier alpha value is -3.24. The Balaban J connectivity index is 1.81. The summed E-state index contributed by atoms with van der Waals surface area (Å²) in [4.78, 5) is 42.8. The van der Waals surface area contributed by atoms with Crippen molar-refractivity contribution in [2.75, 3.05) is 18.4 Å². The summed E-state index contributed by atoms with van der Waals surface area (Å²) in [7, 11) is 0. The molecule has 10 heteroatoms. The summed E-state index contributed by atoms with van der Waals surface area (Å²) >= 11 is 2.60. The molecule has 2 aromatic carbocycles. The molecule has 3 rings (SSSR count). The van der Waals surface area contributed by atoms with E-state index in [1.165, 1.54) is 35.2 Å². The standard InChI is InChI=1S/C22H22N4O4S2/c1-4-25(5-2)21(28)16-7-6-8-17(11-16)24-20(27)15-9-10-19(18(12-15)26(29)30)32-22-23-14(3)13-31-22/h6-13H,4-5H2,1-3H3,(H,24,27). The lowest BCUT2D eigenvalue weighted by molar-refractivity contribution is -0.387. The number of carbonyl (C=O) groups excluding carboxylic acids is 2. The molecular formula is C22H22N4O4S2. The van der Waals surface area contributed by atoms with Gasteiger partial charge in [0.05, 0.1) is 9.82 Å². The van der Waals surface area contributed by atoms with Gasteiger partial charge in [-0.25, -0.2) is 4.98 Å². The summed E-state index contributed by atoms with van der Waals surface area (Å²) in [6, 6.07) is 11.0. The average molecular weight is 471 g/mol. The molecule has 0 spiro atoms. The maximum Gasteiger partial charge on any atom is 0.284 e. The smallest absolute Gasteiger partial charge is 0.284 e. The number of rotatable bonds is 8. The van der Waals surface area contributed by atoms with Crippen LogP contribution in [0.5, 0.6) is 0 Å². The molecule has 32 heavy (non-hydrogen) atoms. The number of thiazole rings is 1. The van der Waals surface area contributed by atoms with Crippen LogP contribution in [0, 0.1) is 17.0 Å². The Morgan fingerprint density at radius 1 is 1.16 bits per heavy atom. The van der Waals surface area contributed by atoms with Crippen molar-refractivity contribution >= 4 is 46.3 Å². The van der Waals surface area contributed by atoms with E-state index in [-0.39, 0.29) is 17.2 Å². The number of benzene rings is 2. The second-order valence-electron chi connectivity index (χ2n) is 6.81. The normalized spacial score (nSPS) is 10.6. The monoisotopic (exact) mass is 470 g/mol. The Kier molecular flexibility index (Phi) is 7.60. The summed E-state index contributed by atoms with van der Waals surface area (Å²) in [5.41, 5.74) is 1.73. The van der Waals surface area contributed by atoms with E-state index in [1.807, 2.05) is 26.2 Å². The van der Waals surface area contributed by atoms with Gasteiger partial charge in [-0.15, -0.1) is 11.3 Å². The predicted octanol–water partition coefficient (Wildman–Crippen LogP) is 5.25. The van der Waals surface area contributed by atoms with Crippen molar-refractivity contribution in [2.24, 2.45) is 0 Å². The van der Waals surface area contributed by atoms with Gasteiger partial charge in [-0.05, 0) is 51.1 Å². The van der Waals surface area contributed by atoms with Crippen molar-refractivity contribution in [1.82, 2.24) is 9.88 Å². The minimum atomic E-state index is -0.511. The molecule has 1 heterocycles. The maximum absolute atomic E-state index is 12.7. The predicted molar refractivity (Wildman–Crippen MR) is 126 cm³/mol. The molecule has 1 N–H and O–H groups in total.